The molecular weight excluding hydrogens is 334 g/mol. The average molecular weight is 358 g/mol. The number of amides is 1. The van der Waals surface area contributed by atoms with Crippen LogP contribution in [0.3, 0.4) is 0 Å². The van der Waals surface area contributed by atoms with Crippen molar-refractivity contribution in [3.8, 4) is 0 Å². The molecule has 1 rings (SSSR count). The van der Waals surface area contributed by atoms with Gasteiger partial charge >= 0.3 is 12.1 Å². The molecule has 0 radical (unpaired) electrons. The number of halogens is 1. The molecule has 0 fully saturated rings. The molecule has 1 aromatic heterocycles. The van der Waals surface area contributed by atoms with Crippen molar-refractivity contribution in [1.29, 1.82) is 0 Å². The highest BCUT2D eigenvalue weighted by atomic mass is 35.5. The van der Waals surface area contributed by atoms with Crippen molar-refractivity contribution in [3.63, 3.8) is 0 Å². The zero-order chi connectivity index (χ0) is 18.2. The highest BCUT2D eigenvalue weighted by Crippen LogP contribution is 2.16. The van der Waals surface area contributed by atoms with Crippen LogP contribution in [0, 0.1) is 0 Å². The van der Waals surface area contributed by atoms with E-state index in [4.69, 9.17) is 21.4 Å². The predicted octanol–water partition coefficient (Wildman–Crippen LogP) is 3.54. The predicted molar refractivity (Wildman–Crippen MR) is 92.8 cm³/mol. The summed E-state index contributed by atoms with van der Waals surface area (Å²) in [6.07, 6.45) is 2.06. The second-order valence-electron chi connectivity index (χ2n) is 6.25. The molecule has 0 atom stereocenters. The number of hydrogen-bond acceptors (Lipinski definition) is 5. The van der Waals surface area contributed by atoms with E-state index in [-0.39, 0.29) is 16.5 Å². The zero-order valence-corrected chi connectivity index (χ0v) is 14.9. The molecule has 8 heteroatoms. The highest BCUT2D eigenvalue weighted by Gasteiger charge is 2.15. The maximum absolute atomic E-state index is 11.4. The Morgan fingerprint density at radius 3 is 2.50 bits per heavy atom. The fourth-order valence-electron chi connectivity index (χ4n) is 1.88. The number of aromatic nitrogens is 1. The number of ether oxygens (including phenoxy) is 1. The van der Waals surface area contributed by atoms with Crippen LogP contribution in [0.5, 0.6) is 0 Å². The summed E-state index contributed by atoms with van der Waals surface area (Å²) < 4.78 is 5.13. The number of carboxylic acids is 1. The quantitative estimate of drug-likeness (QED) is 0.486. The molecule has 3 N–H and O–H groups in total. The number of aromatic carboxylic acids is 1. The monoisotopic (exact) mass is 357 g/mol. The second kappa shape index (κ2) is 9.32. The van der Waals surface area contributed by atoms with Crippen molar-refractivity contribution in [2.24, 2.45) is 0 Å². The number of alkyl carbamates (subject to hydrolysis) is 1. The first-order valence-electron chi connectivity index (χ1n) is 7.79. The van der Waals surface area contributed by atoms with Crippen molar-refractivity contribution in [1.82, 2.24) is 10.3 Å². The topological polar surface area (TPSA) is 101 Å². The Kier molecular flexibility index (Phi) is 7.78. The standard InChI is InChI=1S/C16H24ClN3O4/c1-16(2,3)24-15(23)19-10-6-4-5-9-18-13-11(14(21)22)7-8-12(17)20-13/h7-8H,4-6,9-10H2,1-3H3,(H,18,20)(H,19,23)(H,21,22). The molecule has 0 aromatic carbocycles. The number of pyridine rings is 1. The van der Waals surface area contributed by atoms with Gasteiger partial charge in [-0.05, 0) is 52.2 Å². The number of hydrogen-bond donors (Lipinski definition) is 3. The van der Waals surface area contributed by atoms with Gasteiger partial charge in [-0.25, -0.2) is 14.6 Å². The Hall–Kier alpha value is -2.02. The van der Waals surface area contributed by atoms with Crippen LogP contribution in [-0.4, -0.2) is 40.8 Å². The summed E-state index contributed by atoms with van der Waals surface area (Å²) in [5, 5.41) is 15.0. The lowest BCUT2D eigenvalue weighted by atomic mass is 10.2. The van der Waals surface area contributed by atoms with Crippen LogP contribution in [0.25, 0.3) is 0 Å². The molecule has 0 aliphatic rings. The molecule has 1 amide bonds. The van der Waals surface area contributed by atoms with E-state index in [0.29, 0.717) is 13.1 Å². The minimum absolute atomic E-state index is 0.0889. The number of nitrogens with one attached hydrogen (secondary N) is 2. The summed E-state index contributed by atoms with van der Waals surface area (Å²) in [5.74, 6) is -0.787. The summed E-state index contributed by atoms with van der Waals surface area (Å²) in [6.45, 7) is 6.54. The van der Waals surface area contributed by atoms with Crippen LogP contribution in [0.1, 0.15) is 50.4 Å². The van der Waals surface area contributed by atoms with Gasteiger partial charge in [0.2, 0.25) is 0 Å². The summed E-state index contributed by atoms with van der Waals surface area (Å²) in [4.78, 5) is 26.5. The fraction of sp³-hybridized carbons (Fsp3) is 0.562. The number of carbonyl (C=O) groups excluding carboxylic acids is 1. The lowest BCUT2D eigenvalue weighted by Crippen LogP contribution is -2.33. The third-order valence-electron chi connectivity index (χ3n) is 2.91. The molecule has 0 saturated carbocycles. The molecule has 0 aliphatic carbocycles. The van der Waals surface area contributed by atoms with Crippen molar-refractivity contribution in [2.75, 3.05) is 18.4 Å². The third-order valence-corrected chi connectivity index (χ3v) is 3.12. The van der Waals surface area contributed by atoms with Crippen molar-refractivity contribution < 1.29 is 19.4 Å². The first-order valence-corrected chi connectivity index (χ1v) is 8.17. The van der Waals surface area contributed by atoms with E-state index in [2.05, 4.69) is 15.6 Å². The van der Waals surface area contributed by atoms with E-state index in [1.165, 1.54) is 12.1 Å². The van der Waals surface area contributed by atoms with Crippen LogP contribution >= 0.6 is 11.6 Å². The molecule has 1 heterocycles. The Bertz CT molecular complexity index is 573. The normalized spacial score (nSPS) is 11.0. The number of anilines is 1. The zero-order valence-electron chi connectivity index (χ0n) is 14.2. The van der Waals surface area contributed by atoms with Crippen molar-refractivity contribution >= 4 is 29.5 Å². The van der Waals surface area contributed by atoms with Gasteiger partial charge in [-0.15, -0.1) is 0 Å². The Labute approximate surface area is 146 Å². The SMILES string of the molecule is CC(C)(C)OC(=O)NCCCCCNc1nc(Cl)ccc1C(=O)O. The molecule has 0 bridgehead atoms. The molecule has 134 valence electrons. The van der Waals surface area contributed by atoms with Gasteiger partial charge < -0.3 is 20.5 Å². The second-order valence-corrected chi connectivity index (χ2v) is 6.64. The lowest BCUT2D eigenvalue weighted by Gasteiger charge is -2.19. The molecule has 0 saturated heterocycles. The summed E-state index contributed by atoms with van der Waals surface area (Å²) in [6, 6.07) is 2.86. The van der Waals surface area contributed by atoms with Gasteiger partial charge in [-0.3, -0.25) is 0 Å². The van der Waals surface area contributed by atoms with Gasteiger partial charge in [-0.2, -0.15) is 0 Å². The maximum atomic E-state index is 11.4. The van der Waals surface area contributed by atoms with Gasteiger partial charge in [0.25, 0.3) is 0 Å². The molecule has 0 spiro atoms. The smallest absolute Gasteiger partial charge is 0.407 e. The molecule has 0 aliphatic heterocycles. The summed E-state index contributed by atoms with van der Waals surface area (Å²) in [7, 11) is 0. The summed E-state index contributed by atoms with van der Waals surface area (Å²) >= 11 is 5.78. The minimum atomic E-state index is -1.05. The summed E-state index contributed by atoms with van der Waals surface area (Å²) in [5.41, 5.74) is -0.411. The minimum Gasteiger partial charge on any atom is -0.478 e. The maximum Gasteiger partial charge on any atom is 0.407 e. The van der Waals surface area contributed by atoms with Gasteiger partial charge in [0.15, 0.2) is 0 Å². The number of nitrogens with zero attached hydrogens (tertiary/aromatic N) is 1. The number of unbranched alkanes of at least 4 members (excludes halogenated alkanes) is 2. The number of carbonyl (C=O) groups is 2. The lowest BCUT2D eigenvalue weighted by molar-refractivity contribution is 0.0526. The highest BCUT2D eigenvalue weighted by molar-refractivity contribution is 6.29. The number of rotatable bonds is 8. The van der Waals surface area contributed by atoms with Crippen LogP contribution in [0.15, 0.2) is 12.1 Å². The fourth-order valence-corrected chi connectivity index (χ4v) is 2.03. The Morgan fingerprint density at radius 1 is 1.21 bits per heavy atom. The number of carboxylic acid groups (broad SMARTS) is 1. The van der Waals surface area contributed by atoms with Gasteiger partial charge in [0, 0.05) is 13.1 Å². The van der Waals surface area contributed by atoms with Crippen LogP contribution in [0.4, 0.5) is 10.6 Å². The van der Waals surface area contributed by atoms with E-state index in [0.717, 1.165) is 19.3 Å². The molecule has 7 nitrogen and oxygen atoms in total. The van der Waals surface area contributed by atoms with E-state index >= 15 is 0 Å². The van der Waals surface area contributed by atoms with Crippen LogP contribution in [0.2, 0.25) is 5.15 Å². The first kappa shape index (κ1) is 20.0. The van der Waals surface area contributed by atoms with Crippen LogP contribution in [-0.2, 0) is 4.74 Å². The van der Waals surface area contributed by atoms with E-state index in [1.54, 1.807) is 0 Å². The Balaban J connectivity index is 2.22. The van der Waals surface area contributed by atoms with Crippen LogP contribution < -0.4 is 10.6 Å². The first-order chi connectivity index (χ1) is 11.2. The van der Waals surface area contributed by atoms with Gasteiger partial charge in [0.1, 0.15) is 22.1 Å². The largest absolute Gasteiger partial charge is 0.478 e. The molecular formula is C16H24ClN3O4. The van der Waals surface area contributed by atoms with Gasteiger partial charge in [-0.1, -0.05) is 11.6 Å². The molecule has 0 unspecified atom stereocenters. The molecule has 24 heavy (non-hydrogen) atoms. The van der Waals surface area contributed by atoms with E-state index in [9.17, 15) is 9.59 Å². The van der Waals surface area contributed by atoms with Gasteiger partial charge in [0.05, 0.1) is 0 Å². The van der Waals surface area contributed by atoms with Crippen molar-refractivity contribution in [2.45, 2.75) is 45.6 Å². The van der Waals surface area contributed by atoms with Crippen molar-refractivity contribution in [3.05, 3.63) is 22.8 Å². The van der Waals surface area contributed by atoms with E-state index in [1.807, 2.05) is 20.8 Å². The average Bonchev–Trinajstić information content (AvgIpc) is 2.44. The van der Waals surface area contributed by atoms with E-state index < -0.39 is 17.7 Å². The third kappa shape index (κ3) is 8.01. The molecule has 1 aromatic rings. The Morgan fingerprint density at radius 2 is 1.88 bits per heavy atom.